The van der Waals surface area contributed by atoms with Gasteiger partial charge in [0.05, 0.1) is 11.9 Å². The van der Waals surface area contributed by atoms with Gasteiger partial charge in [0.1, 0.15) is 0 Å². The molecule has 0 atom stereocenters. The van der Waals surface area contributed by atoms with Gasteiger partial charge in [0.2, 0.25) is 0 Å². The minimum absolute atomic E-state index is 0.166. The van der Waals surface area contributed by atoms with Crippen LogP contribution in [0.1, 0.15) is 15.9 Å². The molecule has 0 saturated carbocycles. The van der Waals surface area contributed by atoms with Crippen LogP contribution in [0.3, 0.4) is 0 Å². The summed E-state index contributed by atoms with van der Waals surface area (Å²) in [6.07, 6.45) is 3.34. The molecule has 0 bridgehead atoms. The average Bonchev–Trinajstić information content (AvgIpc) is 2.68. The van der Waals surface area contributed by atoms with Gasteiger partial charge in [-0.25, -0.2) is 0 Å². The van der Waals surface area contributed by atoms with Crippen LogP contribution >= 0.6 is 0 Å². The summed E-state index contributed by atoms with van der Waals surface area (Å²) >= 11 is 0. The third-order valence-electron chi connectivity index (χ3n) is 2.49. The number of carbonyl (C=O) groups excluding carboxylic acids is 1. The Morgan fingerprint density at radius 3 is 2.82 bits per heavy atom. The Labute approximate surface area is 99.2 Å². The number of anilines is 2. The summed E-state index contributed by atoms with van der Waals surface area (Å²) in [5, 5.41) is 6.74. The normalized spacial score (nSPS) is 10.2. The Hall–Kier alpha value is -2.30. The Balaban J connectivity index is 2.17. The van der Waals surface area contributed by atoms with Crippen LogP contribution in [0, 0.1) is 6.92 Å². The van der Waals surface area contributed by atoms with Crippen LogP contribution < -0.4 is 11.1 Å². The summed E-state index contributed by atoms with van der Waals surface area (Å²) in [4.78, 5) is 11.9. The standard InChI is InChI=1S/C12H14N4O/c1-8-5-9(3-4-11(8)13)12(17)15-10-6-14-16(2)7-10/h3-7H,13H2,1-2H3,(H,15,17). The van der Waals surface area contributed by atoms with Gasteiger partial charge in [0.25, 0.3) is 5.91 Å². The average molecular weight is 230 g/mol. The molecule has 5 heteroatoms. The number of hydrogen-bond donors (Lipinski definition) is 2. The predicted molar refractivity (Wildman–Crippen MR) is 66.8 cm³/mol. The topological polar surface area (TPSA) is 72.9 Å². The highest BCUT2D eigenvalue weighted by Crippen LogP contribution is 2.14. The quantitative estimate of drug-likeness (QED) is 0.769. The molecule has 0 aliphatic rings. The number of carbonyl (C=O) groups is 1. The first-order valence-corrected chi connectivity index (χ1v) is 5.22. The van der Waals surface area contributed by atoms with Crippen molar-refractivity contribution in [2.45, 2.75) is 6.92 Å². The highest BCUT2D eigenvalue weighted by atomic mass is 16.1. The monoisotopic (exact) mass is 230 g/mol. The van der Waals surface area contributed by atoms with Crippen LogP contribution in [-0.4, -0.2) is 15.7 Å². The lowest BCUT2D eigenvalue weighted by Crippen LogP contribution is -2.11. The van der Waals surface area contributed by atoms with Gasteiger partial charge >= 0.3 is 0 Å². The van der Waals surface area contributed by atoms with E-state index in [1.165, 1.54) is 0 Å². The van der Waals surface area contributed by atoms with Gasteiger partial charge in [-0.1, -0.05) is 0 Å². The van der Waals surface area contributed by atoms with Gasteiger partial charge in [0.15, 0.2) is 0 Å². The second-order valence-corrected chi connectivity index (χ2v) is 3.93. The molecule has 3 N–H and O–H groups in total. The summed E-state index contributed by atoms with van der Waals surface area (Å²) in [5.74, 6) is -0.166. The van der Waals surface area contributed by atoms with Gasteiger partial charge in [-0.3, -0.25) is 9.48 Å². The third kappa shape index (κ3) is 2.44. The number of rotatable bonds is 2. The van der Waals surface area contributed by atoms with Crippen molar-refractivity contribution >= 4 is 17.3 Å². The number of hydrogen-bond acceptors (Lipinski definition) is 3. The van der Waals surface area contributed by atoms with Gasteiger partial charge in [-0.05, 0) is 30.7 Å². The minimum Gasteiger partial charge on any atom is -0.399 e. The molecule has 0 spiro atoms. The second-order valence-electron chi connectivity index (χ2n) is 3.93. The van der Waals surface area contributed by atoms with Crippen molar-refractivity contribution in [3.8, 4) is 0 Å². The number of nitrogen functional groups attached to an aromatic ring is 1. The van der Waals surface area contributed by atoms with E-state index in [2.05, 4.69) is 10.4 Å². The number of amides is 1. The van der Waals surface area contributed by atoms with Crippen LogP contribution in [0.15, 0.2) is 30.6 Å². The largest absolute Gasteiger partial charge is 0.399 e. The minimum atomic E-state index is -0.166. The molecule has 1 aromatic carbocycles. The van der Waals surface area contributed by atoms with Crippen LogP contribution in [0.5, 0.6) is 0 Å². The first-order chi connectivity index (χ1) is 8.06. The van der Waals surface area contributed by atoms with E-state index in [-0.39, 0.29) is 5.91 Å². The maximum Gasteiger partial charge on any atom is 0.255 e. The summed E-state index contributed by atoms with van der Waals surface area (Å²) in [6.45, 7) is 1.87. The molecule has 5 nitrogen and oxygen atoms in total. The Morgan fingerprint density at radius 1 is 1.47 bits per heavy atom. The number of nitrogens with zero attached hydrogens (tertiary/aromatic N) is 2. The van der Waals surface area contributed by atoms with E-state index in [1.54, 1.807) is 42.3 Å². The number of nitrogens with one attached hydrogen (secondary N) is 1. The van der Waals surface area contributed by atoms with Crippen molar-refractivity contribution in [2.24, 2.45) is 7.05 Å². The molecular formula is C12H14N4O. The zero-order valence-corrected chi connectivity index (χ0v) is 9.77. The van der Waals surface area contributed by atoms with E-state index in [4.69, 9.17) is 5.73 Å². The van der Waals surface area contributed by atoms with Crippen LogP contribution in [0.25, 0.3) is 0 Å². The van der Waals surface area contributed by atoms with Crippen molar-refractivity contribution in [3.05, 3.63) is 41.7 Å². The molecule has 0 unspecified atom stereocenters. The van der Waals surface area contributed by atoms with E-state index >= 15 is 0 Å². The fourth-order valence-electron chi connectivity index (χ4n) is 1.51. The van der Waals surface area contributed by atoms with Crippen molar-refractivity contribution < 1.29 is 4.79 Å². The molecule has 1 amide bonds. The molecule has 0 saturated heterocycles. The van der Waals surface area contributed by atoms with Crippen molar-refractivity contribution in [1.82, 2.24) is 9.78 Å². The molecule has 0 radical (unpaired) electrons. The lowest BCUT2D eigenvalue weighted by atomic mass is 10.1. The molecule has 2 rings (SSSR count). The molecule has 1 heterocycles. The number of benzene rings is 1. The van der Waals surface area contributed by atoms with Crippen LogP contribution in [0.4, 0.5) is 11.4 Å². The van der Waals surface area contributed by atoms with Crippen molar-refractivity contribution in [3.63, 3.8) is 0 Å². The highest BCUT2D eigenvalue weighted by Gasteiger charge is 2.08. The van der Waals surface area contributed by atoms with E-state index in [0.717, 1.165) is 5.56 Å². The molecule has 0 aliphatic heterocycles. The predicted octanol–water partition coefficient (Wildman–Crippen LogP) is 1.56. The smallest absolute Gasteiger partial charge is 0.255 e. The lowest BCUT2D eigenvalue weighted by molar-refractivity contribution is 0.102. The zero-order chi connectivity index (χ0) is 12.4. The van der Waals surface area contributed by atoms with Crippen LogP contribution in [-0.2, 0) is 7.05 Å². The Morgan fingerprint density at radius 2 is 2.24 bits per heavy atom. The van der Waals surface area contributed by atoms with E-state index in [9.17, 15) is 4.79 Å². The summed E-state index contributed by atoms with van der Waals surface area (Å²) < 4.78 is 1.63. The first-order valence-electron chi connectivity index (χ1n) is 5.22. The number of aromatic nitrogens is 2. The van der Waals surface area contributed by atoms with Crippen molar-refractivity contribution in [2.75, 3.05) is 11.1 Å². The van der Waals surface area contributed by atoms with E-state index in [1.807, 2.05) is 6.92 Å². The Bertz CT molecular complexity index is 559. The second kappa shape index (κ2) is 4.29. The molecular weight excluding hydrogens is 216 g/mol. The van der Waals surface area contributed by atoms with Gasteiger partial charge in [-0.2, -0.15) is 5.10 Å². The summed E-state index contributed by atoms with van der Waals surface area (Å²) in [5.41, 5.74) is 8.53. The molecule has 0 fully saturated rings. The van der Waals surface area contributed by atoms with Crippen LogP contribution in [0.2, 0.25) is 0 Å². The van der Waals surface area contributed by atoms with Gasteiger partial charge in [-0.15, -0.1) is 0 Å². The molecule has 1 aromatic heterocycles. The summed E-state index contributed by atoms with van der Waals surface area (Å²) in [6, 6.07) is 5.20. The molecule has 17 heavy (non-hydrogen) atoms. The highest BCUT2D eigenvalue weighted by molar-refractivity contribution is 6.04. The molecule has 88 valence electrons. The molecule has 2 aromatic rings. The van der Waals surface area contributed by atoms with E-state index in [0.29, 0.717) is 16.9 Å². The SMILES string of the molecule is Cc1cc(C(=O)Nc2cnn(C)c2)ccc1N. The van der Waals surface area contributed by atoms with Gasteiger partial charge in [0, 0.05) is 24.5 Å². The number of aryl methyl sites for hydroxylation is 2. The fraction of sp³-hybridized carbons (Fsp3) is 0.167. The molecule has 0 aliphatic carbocycles. The van der Waals surface area contributed by atoms with Gasteiger partial charge < -0.3 is 11.1 Å². The number of nitrogens with two attached hydrogens (primary N) is 1. The maximum absolute atomic E-state index is 11.9. The lowest BCUT2D eigenvalue weighted by Gasteiger charge is -2.05. The fourth-order valence-corrected chi connectivity index (χ4v) is 1.51. The maximum atomic E-state index is 11.9. The Kier molecular flexibility index (Phi) is 2.82. The zero-order valence-electron chi connectivity index (χ0n) is 9.77. The summed E-state index contributed by atoms with van der Waals surface area (Å²) in [7, 11) is 1.79. The third-order valence-corrected chi connectivity index (χ3v) is 2.49. The first kappa shape index (κ1) is 11.2. The van der Waals surface area contributed by atoms with Crippen molar-refractivity contribution in [1.29, 1.82) is 0 Å². The van der Waals surface area contributed by atoms with E-state index < -0.39 is 0 Å².